The zero-order chi connectivity index (χ0) is 8.39. The molecule has 0 nitrogen and oxygen atoms in total. The van der Waals surface area contributed by atoms with Crippen LogP contribution in [0.4, 0.5) is 0 Å². The van der Waals surface area contributed by atoms with Crippen LogP contribution < -0.4 is 0 Å². The van der Waals surface area contributed by atoms with E-state index in [9.17, 15) is 0 Å². The summed E-state index contributed by atoms with van der Waals surface area (Å²) in [6.07, 6.45) is 13.9. The number of hydrogen-bond donors (Lipinski definition) is 0. The van der Waals surface area contributed by atoms with Gasteiger partial charge in [0.2, 0.25) is 0 Å². The van der Waals surface area contributed by atoms with E-state index in [4.69, 9.17) is 0 Å². The summed E-state index contributed by atoms with van der Waals surface area (Å²) in [4.78, 5) is 0. The molecule has 2 aliphatic carbocycles. The maximum absolute atomic E-state index is 2.32. The van der Waals surface area contributed by atoms with E-state index in [1.54, 1.807) is 12.1 Å². The zero-order valence-electron chi connectivity index (χ0n) is 8.30. The molecule has 0 N–H and O–H groups in total. The summed E-state index contributed by atoms with van der Waals surface area (Å²) in [6.45, 7) is 2.25. The second kappa shape index (κ2) is 3.70. The van der Waals surface area contributed by atoms with Gasteiger partial charge in [0, 0.05) is 0 Å². The minimum Gasteiger partial charge on any atom is -1.00 e. The minimum atomic E-state index is -0.348. The number of rotatable bonds is 2. The first-order valence-corrected chi connectivity index (χ1v) is 6.81. The summed E-state index contributed by atoms with van der Waals surface area (Å²) < 4.78 is 3.50. The van der Waals surface area contributed by atoms with Crippen molar-refractivity contribution >= 4 is 0 Å². The maximum Gasteiger partial charge on any atom is -1.00 e. The fraction of sp³-hybridized carbons (Fsp3) is 0.273. The third-order valence-electron chi connectivity index (χ3n) is 2.25. The molecule has 0 aliphatic heterocycles. The van der Waals surface area contributed by atoms with E-state index in [0.29, 0.717) is 0 Å². The molecule has 0 atom stereocenters. The van der Waals surface area contributed by atoms with Gasteiger partial charge in [-0.15, -0.1) is 0 Å². The van der Waals surface area contributed by atoms with Crippen LogP contribution >= 0.6 is 0 Å². The molecule has 0 spiro atoms. The van der Waals surface area contributed by atoms with Crippen molar-refractivity contribution in [2.24, 2.45) is 0 Å². The Morgan fingerprint density at radius 1 is 1.33 bits per heavy atom. The third-order valence-corrected chi connectivity index (χ3v) is 6.16. The Morgan fingerprint density at radius 2 is 2.25 bits per heavy atom. The molecule has 0 radical (unpaired) electrons. The molecule has 0 saturated carbocycles. The summed E-state index contributed by atoms with van der Waals surface area (Å²) in [5.74, 6) is 0. The van der Waals surface area contributed by atoms with E-state index < -0.39 is 0 Å². The maximum atomic E-state index is 2.32. The summed E-state index contributed by atoms with van der Waals surface area (Å²) in [5.41, 5.74) is 1.55. The van der Waals surface area contributed by atoms with Gasteiger partial charge in [-0.2, -0.15) is 0 Å². The van der Waals surface area contributed by atoms with Gasteiger partial charge in [-0.1, -0.05) is 0 Å². The van der Waals surface area contributed by atoms with Gasteiger partial charge in [-0.05, 0) is 0 Å². The molecule has 0 bridgehead atoms. The predicted octanol–water partition coefficient (Wildman–Crippen LogP) is 3.26. The Kier molecular flexibility index (Phi) is 2.61. The Bertz CT molecular complexity index is 308. The van der Waals surface area contributed by atoms with E-state index in [-0.39, 0.29) is 24.7 Å². The SMILES string of the molecule is CC1=[C]([Zr][C]2=CC=CC2)CC=C1.[H-]. The smallest absolute Gasteiger partial charge is 1.00 e. The largest absolute Gasteiger partial charge is 1.00 e. The second-order valence-electron chi connectivity index (χ2n) is 3.22. The fourth-order valence-electron chi connectivity index (χ4n) is 1.50. The van der Waals surface area contributed by atoms with Gasteiger partial charge in [0.15, 0.2) is 0 Å². The van der Waals surface area contributed by atoms with Crippen LogP contribution in [-0.4, -0.2) is 0 Å². The van der Waals surface area contributed by atoms with Crippen LogP contribution in [0.1, 0.15) is 21.2 Å². The Balaban J connectivity index is 0.000000845. The van der Waals surface area contributed by atoms with Crippen LogP contribution in [0.2, 0.25) is 0 Å². The Hall–Kier alpha value is -0.157. The van der Waals surface area contributed by atoms with Crippen LogP contribution in [0.5, 0.6) is 0 Å². The van der Waals surface area contributed by atoms with Crippen molar-refractivity contribution in [2.45, 2.75) is 19.8 Å². The van der Waals surface area contributed by atoms with Crippen LogP contribution in [0.15, 0.2) is 42.5 Å². The van der Waals surface area contributed by atoms with Crippen molar-refractivity contribution < 1.29 is 24.7 Å². The normalized spacial score (nSPS) is 20.6. The molecule has 0 aromatic carbocycles. The van der Waals surface area contributed by atoms with E-state index in [1.807, 2.05) is 0 Å². The quantitative estimate of drug-likeness (QED) is 0.690. The number of allylic oxidation sites excluding steroid dienone is 8. The standard InChI is InChI=1S/C6H7.C5H5.Zr.H/c1-6-4-2-3-5-6;1-2-4-5-3-1;;/h2,4H,3H2,1H3;1-3H,4H2;;/q;;;-1. The molecule has 0 heterocycles. The van der Waals surface area contributed by atoms with E-state index in [1.165, 1.54) is 12.8 Å². The van der Waals surface area contributed by atoms with Crippen LogP contribution in [0.25, 0.3) is 0 Å². The molecule has 0 aromatic heterocycles. The molecule has 0 unspecified atom stereocenters. The first kappa shape index (κ1) is 8.44. The molecule has 62 valence electrons. The molecule has 0 aromatic rings. The first-order chi connectivity index (χ1) is 5.86. The van der Waals surface area contributed by atoms with Crippen molar-refractivity contribution in [3.8, 4) is 0 Å². The van der Waals surface area contributed by atoms with Gasteiger partial charge in [-0.25, -0.2) is 0 Å². The summed E-state index contributed by atoms with van der Waals surface area (Å²) in [6, 6.07) is 0. The van der Waals surface area contributed by atoms with Gasteiger partial charge in [-0.3, -0.25) is 0 Å². The van der Waals surface area contributed by atoms with Crippen molar-refractivity contribution in [1.29, 1.82) is 0 Å². The first-order valence-electron chi connectivity index (χ1n) is 4.35. The van der Waals surface area contributed by atoms with Crippen molar-refractivity contribution in [3.63, 3.8) is 0 Å². The van der Waals surface area contributed by atoms with Crippen LogP contribution in [0, 0.1) is 0 Å². The summed E-state index contributed by atoms with van der Waals surface area (Å²) in [7, 11) is 0. The minimum absolute atomic E-state index is 0. The average molecular weight is 236 g/mol. The Morgan fingerprint density at radius 3 is 2.83 bits per heavy atom. The van der Waals surface area contributed by atoms with Gasteiger partial charge in [0.25, 0.3) is 0 Å². The van der Waals surface area contributed by atoms with Crippen molar-refractivity contribution in [3.05, 3.63) is 42.5 Å². The summed E-state index contributed by atoms with van der Waals surface area (Å²) in [5, 5.41) is 0. The van der Waals surface area contributed by atoms with Crippen molar-refractivity contribution in [2.75, 3.05) is 0 Å². The molecule has 12 heavy (non-hydrogen) atoms. The molecule has 2 rings (SSSR count). The third kappa shape index (κ3) is 1.77. The second-order valence-corrected chi connectivity index (χ2v) is 6.89. The molecule has 2 aliphatic rings. The number of hydrogen-bond acceptors (Lipinski definition) is 0. The van der Waals surface area contributed by atoms with Crippen LogP contribution in [0.3, 0.4) is 0 Å². The molecular weight excluding hydrogens is 223 g/mol. The van der Waals surface area contributed by atoms with Crippen molar-refractivity contribution in [1.82, 2.24) is 0 Å². The topological polar surface area (TPSA) is 0 Å². The van der Waals surface area contributed by atoms with Crippen LogP contribution in [-0.2, 0) is 23.2 Å². The molecular formula is C11H13Zr-. The molecule has 0 saturated heterocycles. The average Bonchev–Trinajstić information content (AvgIpc) is 2.65. The van der Waals surface area contributed by atoms with Gasteiger partial charge >= 0.3 is 85.5 Å². The summed E-state index contributed by atoms with van der Waals surface area (Å²) >= 11 is -0.348. The monoisotopic (exact) mass is 235 g/mol. The predicted molar refractivity (Wildman–Crippen MR) is 49.4 cm³/mol. The van der Waals surface area contributed by atoms with E-state index >= 15 is 0 Å². The van der Waals surface area contributed by atoms with Gasteiger partial charge in [0.05, 0.1) is 0 Å². The fourth-order valence-corrected chi connectivity index (χ4v) is 4.66. The van der Waals surface area contributed by atoms with Gasteiger partial charge < -0.3 is 1.43 Å². The Labute approximate surface area is 86.8 Å². The van der Waals surface area contributed by atoms with E-state index in [2.05, 4.69) is 37.3 Å². The molecule has 0 fully saturated rings. The zero-order valence-corrected chi connectivity index (χ0v) is 9.76. The molecule has 1 heteroatoms. The molecule has 0 amide bonds. The van der Waals surface area contributed by atoms with Gasteiger partial charge in [0.1, 0.15) is 0 Å². The van der Waals surface area contributed by atoms with E-state index in [0.717, 1.165) is 0 Å².